The number of nitrogens with one attached hydrogen (secondary N) is 2. The average Bonchev–Trinajstić information content (AvgIpc) is 3.72. The first-order valence-electron chi connectivity index (χ1n) is 13.6. The van der Waals surface area contributed by atoms with Crippen LogP contribution in [0.1, 0.15) is 51.5 Å². The van der Waals surface area contributed by atoms with Crippen LogP contribution in [0.3, 0.4) is 0 Å². The van der Waals surface area contributed by atoms with E-state index in [2.05, 4.69) is 40.3 Å². The second-order valence-corrected chi connectivity index (χ2v) is 10.4. The maximum atomic E-state index is 13.3. The third kappa shape index (κ3) is 6.54. The van der Waals surface area contributed by atoms with Gasteiger partial charge in [0.15, 0.2) is 11.6 Å². The number of anilines is 3. The summed E-state index contributed by atoms with van der Waals surface area (Å²) in [5, 5.41) is 10.7. The molecule has 1 aromatic carbocycles. The van der Waals surface area contributed by atoms with Crippen LogP contribution < -0.4 is 10.2 Å². The molecule has 0 atom stereocenters. The van der Waals surface area contributed by atoms with E-state index in [-0.39, 0.29) is 6.42 Å². The molecule has 0 spiro atoms. The van der Waals surface area contributed by atoms with Crippen molar-refractivity contribution in [1.29, 1.82) is 0 Å². The SMILES string of the molecule is O=C(Cc1ccc(CN2CCN(c3nccc(Nc4cc(C5CC5)[nH]n4)n3)CC2)cc1)c1cnccc1C(F)(F)F. The Hall–Kier alpha value is -4.32. The van der Waals surface area contributed by atoms with Crippen LogP contribution in [0.25, 0.3) is 0 Å². The molecule has 1 saturated carbocycles. The van der Waals surface area contributed by atoms with Crippen LogP contribution in [0.5, 0.6) is 0 Å². The molecule has 212 valence electrons. The van der Waals surface area contributed by atoms with E-state index in [0.29, 0.717) is 23.2 Å². The normalized spacial score (nSPS) is 16.1. The number of carbonyl (C=O) groups is 1. The Morgan fingerprint density at radius 1 is 0.976 bits per heavy atom. The highest BCUT2D eigenvalue weighted by atomic mass is 19.4. The summed E-state index contributed by atoms with van der Waals surface area (Å²) >= 11 is 0. The van der Waals surface area contributed by atoms with Gasteiger partial charge in [-0.15, -0.1) is 0 Å². The number of carbonyl (C=O) groups excluding carboxylic acids is 1. The second kappa shape index (κ2) is 11.3. The van der Waals surface area contributed by atoms with Gasteiger partial charge < -0.3 is 10.2 Å². The Kier molecular flexibility index (Phi) is 7.39. The van der Waals surface area contributed by atoms with E-state index in [4.69, 9.17) is 0 Å². The predicted molar refractivity (Wildman–Crippen MR) is 147 cm³/mol. The molecule has 1 aliphatic heterocycles. The zero-order valence-corrected chi connectivity index (χ0v) is 22.2. The molecule has 0 bridgehead atoms. The minimum Gasteiger partial charge on any atom is -0.338 e. The molecule has 12 heteroatoms. The summed E-state index contributed by atoms with van der Waals surface area (Å²) in [5.41, 5.74) is 1.52. The fourth-order valence-corrected chi connectivity index (χ4v) is 4.98. The molecule has 0 unspecified atom stereocenters. The van der Waals surface area contributed by atoms with Crippen molar-refractivity contribution in [1.82, 2.24) is 30.0 Å². The molecule has 2 N–H and O–H groups in total. The molecule has 4 aromatic rings. The summed E-state index contributed by atoms with van der Waals surface area (Å²) in [6.07, 6.45) is 1.47. The van der Waals surface area contributed by atoms with E-state index in [1.54, 1.807) is 18.3 Å². The molecular formula is C29H29F3N8O. The van der Waals surface area contributed by atoms with Crippen molar-refractivity contribution in [3.63, 3.8) is 0 Å². The van der Waals surface area contributed by atoms with Crippen molar-refractivity contribution >= 4 is 23.4 Å². The minimum absolute atomic E-state index is 0.122. The molecule has 9 nitrogen and oxygen atoms in total. The summed E-state index contributed by atoms with van der Waals surface area (Å²) in [4.78, 5) is 29.9. The molecule has 41 heavy (non-hydrogen) atoms. The van der Waals surface area contributed by atoms with Gasteiger partial charge >= 0.3 is 6.18 Å². The number of piperazine rings is 1. The minimum atomic E-state index is -4.60. The zero-order valence-electron chi connectivity index (χ0n) is 22.2. The molecule has 1 aliphatic carbocycles. The first kappa shape index (κ1) is 26.9. The van der Waals surface area contributed by atoms with E-state index in [0.717, 1.165) is 68.3 Å². The Bertz CT molecular complexity index is 1510. The van der Waals surface area contributed by atoms with Crippen molar-refractivity contribution in [2.24, 2.45) is 0 Å². The molecule has 6 rings (SSSR count). The number of Topliss-reactive ketones (excluding diaryl/α,β-unsaturated/α-hetero) is 1. The van der Waals surface area contributed by atoms with Gasteiger partial charge in [-0.3, -0.25) is 19.8 Å². The second-order valence-electron chi connectivity index (χ2n) is 10.4. The number of aromatic nitrogens is 5. The van der Waals surface area contributed by atoms with Gasteiger partial charge in [0, 0.05) is 81.0 Å². The van der Waals surface area contributed by atoms with E-state index < -0.39 is 23.1 Å². The lowest BCUT2D eigenvalue weighted by Gasteiger charge is -2.34. The van der Waals surface area contributed by atoms with E-state index >= 15 is 0 Å². The molecule has 3 aromatic heterocycles. The monoisotopic (exact) mass is 562 g/mol. The maximum absolute atomic E-state index is 13.3. The van der Waals surface area contributed by atoms with Crippen molar-refractivity contribution < 1.29 is 18.0 Å². The number of aromatic amines is 1. The van der Waals surface area contributed by atoms with Crippen LogP contribution in [0.15, 0.2) is 61.1 Å². The smallest absolute Gasteiger partial charge is 0.338 e. The Labute approximate surface area is 234 Å². The molecule has 0 radical (unpaired) electrons. The van der Waals surface area contributed by atoms with Crippen molar-refractivity contribution in [2.75, 3.05) is 36.4 Å². The quantitative estimate of drug-likeness (QED) is 0.276. The average molecular weight is 563 g/mol. The van der Waals surface area contributed by atoms with E-state index in [9.17, 15) is 18.0 Å². The van der Waals surface area contributed by atoms with Crippen LogP contribution in [0.2, 0.25) is 0 Å². The third-order valence-electron chi connectivity index (χ3n) is 7.39. The highest BCUT2D eigenvalue weighted by Gasteiger charge is 2.35. The first-order chi connectivity index (χ1) is 19.8. The van der Waals surface area contributed by atoms with Gasteiger partial charge in [-0.1, -0.05) is 24.3 Å². The zero-order chi connectivity index (χ0) is 28.4. The Balaban J connectivity index is 1.00. The van der Waals surface area contributed by atoms with Gasteiger partial charge in [-0.05, 0) is 36.1 Å². The molecule has 2 fully saturated rings. The highest BCUT2D eigenvalue weighted by molar-refractivity contribution is 5.98. The standard InChI is InChI=1S/C29H29F3N8O/c30-29(31,32)23-7-9-33-17-22(23)25(41)15-19-1-3-20(4-2-19)18-39-11-13-40(14-12-39)28-34-10-8-26(36-28)35-27-16-24(37-38-27)21-5-6-21/h1-4,7-10,16-17,21H,5-6,11-15,18H2,(H2,34,35,36,37,38). The third-order valence-corrected chi connectivity index (χ3v) is 7.39. The van der Waals surface area contributed by atoms with Crippen molar-refractivity contribution in [3.8, 4) is 0 Å². The largest absolute Gasteiger partial charge is 0.417 e. The number of hydrogen-bond donors (Lipinski definition) is 2. The fourth-order valence-electron chi connectivity index (χ4n) is 4.98. The van der Waals surface area contributed by atoms with Crippen LogP contribution in [0, 0.1) is 0 Å². The van der Waals surface area contributed by atoms with E-state index in [1.165, 1.54) is 12.8 Å². The van der Waals surface area contributed by atoms with Gasteiger partial charge in [-0.25, -0.2) is 4.98 Å². The number of alkyl halides is 3. The molecule has 1 saturated heterocycles. The topological polar surface area (TPSA) is 103 Å². The lowest BCUT2D eigenvalue weighted by Crippen LogP contribution is -2.46. The molecular weight excluding hydrogens is 533 g/mol. The number of pyridine rings is 1. The number of hydrogen-bond acceptors (Lipinski definition) is 8. The summed E-state index contributed by atoms with van der Waals surface area (Å²) in [6, 6.07) is 12.1. The molecule has 0 amide bonds. The number of H-pyrrole nitrogens is 1. The number of halogens is 3. The summed E-state index contributed by atoms with van der Waals surface area (Å²) in [5.74, 6) is 2.11. The number of rotatable bonds is 9. The fraction of sp³-hybridized carbons (Fsp3) is 0.345. The van der Waals surface area contributed by atoms with Crippen molar-refractivity contribution in [3.05, 3.63) is 89.0 Å². The van der Waals surface area contributed by atoms with Crippen molar-refractivity contribution in [2.45, 2.75) is 37.9 Å². The van der Waals surface area contributed by atoms with Crippen LogP contribution in [-0.4, -0.2) is 62.0 Å². The first-order valence-corrected chi connectivity index (χ1v) is 13.6. The summed E-state index contributed by atoms with van der Waals surface area (Å²) < 4.78 is 39.8. The van der Waals surface area contributed by atoms with E-state index in [1.807, 2.05) is 24.3 Å². The van der Waals surface area contributed by atoms with Gasteiger partial charge in [0.2, 0.25) is 5.95 Å². The predicted octanol–water partition coefficient (Wildman–Crippen LogP) is 4.98. The number of nitrogens with zero attached hydrogens (tertiary/aromatic N) is 6. The Morgan fingerprint density at radius 3 is 2.46 bits per heavy atom. The highest BCUT2D eigenvalue weighted by Crippen LogP contribution is 2.39. The summed E-state index contributed by atoms with van der Waals surface area (Å²) in [6.45, 7) is 3.93. The van der Waals surface area contributed by atoms with Crippen LogP contribution >= 0.6 is 0 Å². The maximum Gasteiger partial charge on any atom is 0.417 e. The number of ketones is 1. The van der Waals surface area contributed by atoms with Crippen LogP contribution in [0.4, 0.5) is 30.8 Å². The van der Waals surface area contributed by atoms with Gasteiger partial charge in [0.05, 0.1) is 5.56 Å². The lowest BCUT2D eigenvalue weighted by molar-refractivity contribution is -0.138. The molecule has 4 heterocycles. The lowest BCUT2D eigenvalue weighted by atomic mass is 9.99. The summed E-state index contributed by atoms with van der Waals surface area (Å²) in [7, 11) is 0. The number of benzene rings is 1. The van der Waals surface area contributed by atoms with Gasteiger partial charge in [0.1, 0.15) is 5.82 Å². The Morgan fingerprint density at radius 2 is 1.73 bits per heavy atom. The van der Waals surface area contributed by atoms with Gasteiger partial charge in [-0.2, -0.15) is 23.3 Å². The van der Waals surface area contributed by atoms with Crippen LogP contribution in [-0.2, 0) is 19.1 Å². The van der Waals surface area contributed by atoms with Gasteiger partial charge in [0.25, 0.3) is 0 Å². The molecule has 2 aliphatic rings.